The fraction of sp³-hybridized carbons (Fsp3) is 0.381. The molecule has 0 aliphatic carbocycles. The molecular formula is C21H27N5O2. The number of carbonyl (C=O) groups is 1. The van der Waals surface area contributed by atoms with Crippen molar-refractivity contribution in [1.82, 2.24) is 14.9 Å². The van der Waals surface area contributed by atoms with Crippen LogP contribution in [0.15, 0.2) is 48.0 Å². The van der Waals surface area contributed by atoms with Crippen LogP contribution in [0.4, 0.5) is 11.5 Å². The van der Waals surface area contributed by atoms with Crippen molar-refractivity contribution >= 4 is 17.4 Å². The lowest BCUT2D eigenvalue weighted by Gasteiger charge is -2.39. The smallest absolute Gasteiger partial charge is 0.271 e. The van der Waals surface area contributed by atoms with E-state index in [9.17, 15) is 9.59 Å². The minimum Gasteiger partial charge on any atom is -0.373 e. The minimum absolute atomic E-state index is 0.0557. The molecule has 0 saturated carbocycles. The summed E-state index contributed by atoms with van der Waals surface area (Å²) in [5.74, 6) is 0.711. The van der Waals surface area contributed by atoms with E-state index < -0.39 is 0 Å². The van der Waals surface area contributed by atoms with Crippen LogP contribution in [0, 0.1) is 0 Å². The molecule has 28 heavy (non-hydrogen) atoms. The first-order valence-corrected chi connectivity index (χ1v) is 9.62. The van der Waals surface area contributed by atoms with Gasteiger partial charge in [-0.2, -0.15) is 0 Å². The molecule has 1 atom stereocenters. The number of rotatable bonds is 6. The number of piperidine rings is 1. The lowest BCUT2D eigenvalue weighted by molar-refractivity contribution is -0.127. The Labute approximate surface area is 165 Å². The fourth-order valence-electron chi connectivity index (χ4n) is 3.76. The summed E-state index contributed by atoms with van der Waals surface area (Å²) < 4.78 is 0. The van der Waals surface area contributed by atoms with Gasteiger partial charge in [0, 0.05) is 50.7 Å². The van der Waals surface area contributed by atoms with Crippen LogP contribution in [-0.4, -0.2) is 53.5 Å². The summed E-state index contributed by atoms with van der Waals surface area (Å²) in [5, 5.41) is 3.03. The zero-order valence-electron chi connectivity index (χ0n) is 16.4. The second kappa shape index (κ2) is 8.73. The van der Waals surface area contributed by atoms with Crippen LogP contribution in [0.25, 0.3) is 11.1 Å². The van der Waals surface area contributed by atoms with Crippen molar-refractivity contribution in [3.05, 3.63) is 53.6 Å². The number of nitrogens with one attached hydrogen (secondary N) is 2. The van der Waals surface area contributed by atoms with Gasteiger partial charge in [0.05, 0.1) is 0 Å². The maximum Gasteiger partial charge on any atom is 0.271 e. The van der Waals surface area contributed by atoms with Crippen molar-refractivity contribution in [2.24, 2.45) is 0 Å². The van der Waals surface area contributed by atoms with Gasteiger partial charge < -0.3 is 20.1 Å². The Balaban J connectivity index is 1.93. The van der Waals surface area contributed by atoms with Crippen LogP contribution >= 0.6 is 0 Å². The van der Waals surface area contributed by atoms with Gasteiger partial charge in [-0.3, -0.25) is 9.59 Å². The maximum atomic E-state index is 12.6. The summed E-state index contributed by atoms with van der Waals surface area (Å²) in [5.41, 5.74) is 2.39. The minimum atomic E-state index is -0.124. The highest BCUT2D eigenvalue weighted by Crippen LogP contribution is 2.26. The van der Waals surface area contributed by atoms with E-state index in [2.05, 4.69) is 26.8 Å². The number of carbonyl (C=O) groups excluding carboxylic acids is 1. The van der Waals surface area contributed by atoms with Gasteiger partial charge >= 0.3 is 0 Å². The average Bonchev–Trinajstić information content (AvgIpc) is 2.75. The summed E-state index contributed by atoms with van der Waals surface area (Å²) in [6, 6.07) is 5.88. The number of anilines is 2. The molecule has 0 bridgehead atoms. The lowest BCUT2D eigenvalue weighted by Crippen LogP contribution is -2.50. The molecule has 148 valence electrons. The number of hydrogen-bond acceptors (Lipinski definition) is 5. The molecule has 0 radical (unpaired) electrons. The summed E-state index contributed by atoms with van der Waals surface area (Å²) in [4.78, 5) is 35.7. The molecule has 1 aliphatic rings. The molecule has 2 aromatic rings. The van der Waals surface area contributed by atoms with Gasteiger partial charge in [0.1, 0.15) is 11.5 Å². The van der Waals surface area contributed by atoms with Crippen molar-refractivity contribution in [3.63, 3.8) is 0 Å². The predicted molar refractivity (Wildman–Crippen MR) is 113 cm³/mol. The number of likely N-dealkylation sites (N-methyl/N-ethyl adjacent to an activating group) is 1. The second-order valence-corrected chi connectivity index (χ2v) is 6.85. The molecule has 0 aromatic carbocycles. The zero-order chi connectivity index (χ0) is 20.1. The Morgan fingerprint density at radius 3 is 3.00 bits per heavy atom. The molecule has 1 aliphatic heterocycles. The number of aromatic amines is 1. The van der Waals surface area contributed by atoms with Crippen molar-refractivity contribution in [1.29, 1.82) is 0 Å². The van der Waals surface area contributed by atoms with E-state index in [4.69, 9.17) is 0 Å². The van der Waals surface area contributed by atoms with Crippen LogP contribution in [-0.2, 0) is 4.79 Å². The third kappa shape index (κ3) is 4.08. The van der Waals surface area contributed by atoms with Gasteiger partial charge in [-0.25, -0.2) is 4.98 Å². The van der Waals surface area contributed by atoms with Gasteiger partial charge in [-0.1, -0.05) is 6.58 Å². The second-order valence-electron chi connectivity index (χ2n) is 6.85. The number of aromatic nitrogens is 2. The largest absolute Gasteiger partial charge is 0.373 e. The number of likely N-dealkylation sites (tertiary alicyclic amines) is 1. The molecule has 2 aromatic heterocycles. The highest BCUT2D eigenvalue weighted by molar-refractivity contribution is 5.87. The van der Waals surface area contributed by atoms with Crippen LogP contribution < -0.4 is 15.8 Å². The quantitative estimate of drug-likeness (QED) is 0.752. The SMILES string of the molecule is C=CC(=O)N1CCC[C@@H](N(CC)c2cc(-c3ccnc(NC)c3)c[nH]c2=O)C1. The Morgan fingerprint density at radius 1 is 1.46 bits per heavy atom. The molecule has 7 nitrogen and oxygen atoms in total. The lowest BCUT2D eigenvalue weighted by atomic mass is 10.0. The van der Waals surface area contributed by atoms with E-state index >= 15 is 0 Å². The standard InChI is InChI=1S/C21H27N5O2/c1-4-20(27)25-10-6-7-17(14-25)26(5-2)18-11-16(13-24-21(18)28)15-8-9-23-19(12-15)22-3/h4,8-9,11-13,17H,1,5-7,10,14H2,2-3H3,(H,22,23)(H,24,28)/t17-/m1/s1. The molecule has 2 N–H and O–H groups in total. The van der Waals surface area contributed by atoms with E-state index in [0.717, 1.165) is 36.3 Å². The first-order chi connectivity index (χ1) is 13.6. The average molecular weight is 381 g/mol. The van der Waals surface area contributed by atoms with E-state index in [0.29, 0.717) is 18.8 Å². The maximum absolute atomic E-state index is 12.6. The van der Waals surface area contributed by atoms with E-state index in [-0.39, 0.29) is 17.5 Å². The zero-order valence-corrected chi connectivity index (χ0v) is 16.4. The predicted octanol–water partition coefficient (Wildman–Crippen LogP) is 2.48. The number of pyridine rings is 2. The third-order valence-electron chi connectivity index (χ3n) is 5.21. The molecule has 1 saturated heterocycles. The normalized spacial score (nSPS) is 16.5. The Hall–Kier alpha value is -3.09. The first-order valence-electron chi connectivity index (χ1n) is 9.62. The van der Waals surface area contributed by atoms with Gasteiger partial charge in [-0.15, -0.1) is 0 Å². The number of amides is 1. The van der Waals surface area contributed by atoms with Gasteiger partial charge in [-0.05, 0) is 49.6 Å². The van der Waals surface area contributed by atoms with Crippen molar-refractivity contribution in [2.45, 2.75) is 25.8 Å². The molecule has 3 heterocycles. The Kier molecular flexibility index (Phi) is 6.13. The van der Waals surface area contributed by atoms with Crippen LogP contribution in [0.3, 0.4) is 0 Å². The van der Waals surface area contributed by atoms with E-state index in [1.807, 2.05) is 37.1 Å². The van der Waals surface area contributed by atoms with Crippen molar-refractivity contribution in [3.8, 4) is 11.1 Å². The Bertz CT molecular complexity index is 908. The molecule has 3 rings (SSSR count). The first kappa shape index (κ1) is 19.7. The monoisotopic (exact) mass is 381 g/mol. The number of hydrogen-bond donors (Lipinski definition) is 2. The Morgan fingerprint density at radius 2 is 2.29 bits per heavy atom. The fourth-order valence-corrected chi connectivity index (χ4v) is 3.76. The van der Waals surface area contributed by atoms with E-state index in [1.165, 1.54) is 6.08 Å². The summed E-state index contributed by atoms with van der Waals surface area (Å²) in [6.07, 6.45) is 6.67. The van der Waals surface area contributed by atoms with Gasteiger partial charge in [0.15, 0.2) is 0 Å². The number of nitrogens with zero attached hydrogens (tertiary/aromatic N) is 3. The molecule has 7 heteroatoms. The van der Waals surface area contributed by atoms with Gasteiger partial charge in [0.25, 0.3) is 5.56 Å². The molecule has 1 amide bonds. The van der Waals surface area contributed by atoms with Crippen LogP contribution in [0.1, 0.15) is 19.8 Å². The summed E-state index contributed by atoms with van der Waals surface area (Å²) in [7, 11) is 1.82. The van der Waals surface area contributed by atoms with Crippen LogP contribution in [0.2, 0.25) is 0 Å². The van der Waals surface area contributed by atoms with Gasteiger partial charge in [0.2, 0.25) is 5.91 Å². The molecule has 0 unspecified atom stereocenters. The van der Waals surface area contributed by atoms with E-state index in [1.54, 1.807) is 12.4 Å². The molecule has 0 spiro atoms. The van der Waals surface area contributed by atoms with Crippen molar-refractivity contribution in [2.75, 3.05) is 36.9 Å². The van der Waals surface area contributed by atoms with Crippen LogP contribution in [0.5, 0.6) is 0 Å². The van der Waals surface area contributed by atoms with Crippen molar-refractivity contribution < 1.29 is 4.79 Å². The topological polar surface area (TPSA) is 81.3 Å². The highest BCUT2D eigenvalue weighted by atomic mass is 16.2. The summed E-state index contributed by atoms with van der Waals surface area (Å²) in [6.45, 7) is 7.64. The highest BCUT2D eigenvalue weighted by Gasteiger charge is 2.27. The summed E-state index contributed by atoms with van der Waals surface area (Å²) >= 11 is 0. The number of H-pyrrole nitrogens is 1. The third-order valence-corrected chi connectivity index (χ3v) is 5.21. The molecule has 1 fully saturated rings. The molecular weight excluding hydrogens is 354 g/mol.